The molecule has 2 aliphatic rings. The molecule has 128 valence electrons. The highest BCUT2D eigenvalue weighted by Crippen LogP contribution is 2.38. The largest absolute Gasteiger partial charge is 0.426 e. The molecule has 1 saturated heterocycles. The van der Waals surface area contributed by atoms with Gasteiger partial charge in [0.2, 0.25) is 11.8 Å². The Morgan fingerprint density at radius 1 is 1.12 bits per heavy atom. The van der Waals surface area contributed by atoms with E-state index in [1.54, 1.807) is 6.07 Å². The van der Waals surface area contributed by atoms with Gasteiger partial charge in [0.25, 0.3) is 0 Å². The lowest BCUT2D eigenvalue weighted by Gasteiger charge is -2.19. The second-order valence-corrected chi connectivity index (χ2v) is 6.82. The van der Waals surface area contributed by atoms with E-state index in [0.717, 1.165) is 36.8 Å². The highest BCUT2D eigenvalue weighted by atomic mass is 16.5. The van der Waals surface area contributed by atoms with Gasteiger partial charge in [0, 0.05) is 6.54 Å². The van der Waals surface area contributed by atoms with Crippen LogP contribution in [0.2, 0.25) is 0 Å². The number of imide groups is 1. The van der Waals surface area contributed by atoms with Crippen molar-refractivity contribution in [1.82, 2.24) is 4.90 Å². The molecule has 0 bridgehead atoms. The number of fused-ring (bicyclic) bond motifs is 1. The molecule has 24 heavy (non-hydrogen) atoms. The van der Waals surface area contributed by atoms with Crippen LogP contribution < -0.4 is 4.74 Å². The Morgan fingerprint density at radius 3 is 2.33 bits per heavy atom. The number of carbonyl (C=O) groups excluding carboxylic acids is 3. The molecule has 1 aliphatic carbocycles. The quantitative estimate of drug-likeness (QED) is 0.484. The predicted octanol–water partition coefficient (Wildman–Crippen LogP) is 2.77. The van der Waals surface area contributed by atoms with E-state index in [4.69, 9.17) is 4.74 Å². The van der Waals surface area contributed by atoms with Gasteiger partial charge in [-0.05, 0) is 38.3 Å². The fourth-order valence-electron chi connectivity index (χ4n) is 3.74. The van der Waals surface area contributed by atoms with Crippen LogP contribution in [0.5, 0.6) is 5.75 Å². The van der Waals surface area contributed by atoms with Crippen molar-refractivity contribution >= 4 is 17.8 Å². The van der Waals surface area contributed by atoms with Gasteiger partial charge in [-0.3, -0.25) is 19.3 Å². The van der Waals surface area contributed by atoms with Crippen LogP contribution >= 0.6 is 0 Å². The van der Waals surface area contributed by atoms with Crippen LogP contribution in [0.15, 0.2) is 18.2 Å². The van der Waals surface area contributed by atoms with Gasteiger partial charge in [-0.25, -0.2) is 0 Å². The molecule has 3 rings (SSSR count). The fourth-order valence-corrected chi connectivity index (χ4v) is 3.74. The minimum absolute atomic E-state index is 0.0320. The van der Waals surface area contributed by atoms with E-state index in [0.29, 0.717) is 5.75 Å². The first kappa shape index (κ1) is 16.7. The number of benzene rings is 1. The lowest BCUT2D eigenvalue weighted by atomic mass is 9.81. The summed E-state index contributed by atoms with van der Waals surface area (Å²) >= 11 is 0. The standard InChI is InChI=1S/C19H23NO4/c1-12-7-8-16(13(2)11-12)24-17(21)9-10-20-18(22)14-5-3-4-6-15(14)19(20)23/h7-8,11,14-15H,3-6,9-10H2,1-2H3/t14-,15-/m0/s1. The molecule has 0 aromatic heterocycles. The molecule has 0 spiro atoms. The Kier molecular flexibility index (Phi) is 4.69. The molecule has 1 aromatic carbocycles. The summed E-state index contributed by atoms with van der Waals surface area (Å²) in [5, 5.41) is 0. The van der Waals surface area contributed by atoms with Crippen LogP contribution in [0.1, 0.15) is 43.2 Å². The normalized spacial score (nSPS) is 23.3. The van der Waals surface area contributed by atoms with E-state index in [2.05, 4.69) is 0 Å². The van der Waals surface area contributed by atoms with Crippen LogP contribution in [0.3, 0.4) is 0 Å². The summed E-state index contributed by atoms with van der Waals surface area (Å²) in [6.07, 6.45) is 3.62. The average molecular weight is 329 g/mol. The Labute approximate surface area is 142 Å². The number of hydrogen-bond acceptors (Lipinski definition) is 4. The van der Waals surface area contributed by atoms with Crippen LogP contribution in [-0.2, 0) is 14.4 Å². The van der Waals surface area contributed by atoms with Gasteiger partial charge in [0.1, 0.15) is 5.75 Å². The maximum Gasteiger partial charge on any atom is 0.313 e. The van der Waals surface area contributed by atoms with Crippen molar-refractivity contribution in [3.05, 3.63) is 29.3 Å². The molecule has 2 atom stereocenters. The van der Waals surface area contributed by atoms with Crippen LogP contribution in [0.25, 0.3) is 0 Å². The lowest BCUT2D eigenvalue weighted by molar-refractivity contribution is -0.141. The summed E-state index contributed by atoms with van der Waals surface area (Å²) < 4.78 is 5.36. The number of rotatable bonds is 4. The van der Waals surface area contributed by atoms with Crippen LogP contribution in [0.4, 0.5) is 0 Å². The van der Waals surface area contributed by atoms with E-state index >= 15 is 0 Å². The molecular weight excluding hydrogens is 306 g/mol. The van der Waals surface area contributed by atoms with Crippen molar-refractivity contribution in [1.29, 1.82) is 0 Å². The second kappa shape index (κ2) is 6.75. The van der Waals surface area contributed by atoms with Crippen molar-refractivity contribution < 1.29 is 19.1 Å². The van der Waals surface area contributed by atoms with Gasteiger partial charge >= 0.3 is 5.97 Å². The Morgan fingerprint density at radius 2 is 1.75 bits per heavy atom. The zero-order valence-electron chi connectivity index (χ0n) is 14.2. The van der Waals surface area contributed by atoms with E-state index in [1.165, 1.54) is 4.90 Å². The number of aryl methyl sites for hydroxylation is 2. The monoisotopic (exact) mass is 329 g/mol. The molecule has 0 radical (unpaired) electrons. The van der Waals surface area contributed by atoms with Gasteiger partial charge in [-0.1, -0.05) is 30.5 Å². The minimum atomic E-state index is -0.419. The first-order chi connectivity index (χ1) is 11.5. The number of amides is 2. The minimum Gasteiger partial charge on any atom is -0.426 e. The molecule has 5 heteroatoms. The molecule has 2 amide bonds. The number of nitrogens with zero attached hydrogens (tertiary/aromatic N) is 1. The zero-order valence-corrected chi connectivity index (χ0v) is 14.2. The second-order valence-electron chi connectivity index (χ2n) is 6.82. The lowest BCUT2D eigenvalue weighted by Crippen LogP contribution is -2.33. The van der Waals surface area contributed by atoms with E-state index in [9.17, 15) is 14.4 Å². The summed E-state index contributed by atoms with van der Waals surface area (Å²) in [5.41, 5.74) is 1.99. The third kappa shape index (κ3) is 3.21. The number of esters is 1. The van der Waals surface area contributed by atoms with Crippen LogP contribution in [0, 0.1) is 25.7 Å². The summed E-state index contributed by atoms with van der Waals surface area (Å²) in [7, 11) is 0. The van der Waals surface area contributed by atoms with E-state index < -0.39 is 5.97 Å². The third-order valence-corrected chi connectivity index (χ3v) is 5.03. The smallest absolute Gasteiger partial charge is 0.313 e. The Hall–Kier alpha value is -2.17. The molecule has 1 aliphatic heterocycles. The maximum atomic E-state index is 12.4. The van der Waals surface area contributed by atoms with Crippen LogP contribution in [-0.4, -0.2) is 29.2 Å². The van der Waals surface area contributed by atoms with E-state index in [-0.39, 0.29) is 36.6 Å². The maximum absolute atomic E-state index is 12.4. The van der Waals surface area contributed by atoms with Crippen molar-refractivity contribution in [2.75, 3.05) is 6.54 Å². The molecule has 1 heterocycles. The Balaban J connectivity index is 1.58. The fraction of sp³-hybridized carbons (Fsp3) is 0.526. The first-order valence-corrected chi connectivity index (χ1v) is 8.60. The molecular formula is C19H23NO4. The van der Waals surface area contributed by atoms with Crippen molar-refractivity contribution in [2.24, 2.45) is 11.8 Å². The summed E-state index contributed by atoms with van der Waals surface area (Å²) in [6.45, 7) is 3.98. The molecule has 5 nitrogen and oxygen atoms in total. The van der Waals surface area contributed by atoms with Crippen molar-refractivity contribution in [3.63, 3.8) is 0 Å². The predicted molar refractivity (Wildman–Crippen MR) is 88.3 cm³/mol. The topological polar surface area (TPSA) is 63.7 Å². The highest BCUT2D eigenvalue weighted by molar-refractivity contribution is 6.05. The van der Waals surface area contributed by atoms with Gasteiger partial charge < -0.3 is 4.74 Å². The number of hydrogen-bond donors (Lipinski definition) is 0. The van der Waals surface area contributed by atoms with Gasteiger partial charge in [-0.2, -0.15) is 0 Å². The molecule has 2 fully saturated rings. The average Bonchev–Trinajstić information content (AvgIpc) is 2.80. The number of likely N-dealkylation sites (tertiary alicyclic amines) is 1. The van der Waals surface area contributed by atoms with Gasteiger partial charge in [0.15, 0.2) is 0 Å². The molecule has 1 aromatic rings. The summed E-state index contributed by atoms with van der Waals surface area (Å²) in [4.78, 5) is 38.1. The summed E-state index contributed by atoms with van der Waals surface area (Å²) in [5.74, 6) is -0.438. The summed E-state index contributed by atoms with van der Waals surface area (Å²) in [6, 6.07) is 5.60. The molecule has 0 N–H and O–H groups in total. The molecule has 1 saturated carbocycles. The van der Waals surface area contributed by atoms with Gasteiger partial charge in [-0.15, -0.1) is 0 Å². The van der Waals surface area contributed by atoms with Crippen molar-refractivity contribution in [2.45, 2.75) is 46.0 Å². The molecule has 0 unspecified atom stereocenters. The van der Waals surface area contributed by atoms with E-state index in [1.807, 2.05) is 26.0 Å². The highest BCUT2D eigenvalue weighted by Gasteiger charge is 2.47. The van der Waals surface area contributed by atoms with Gasteiger partial charge in [0.05, 0.1) is 18.3 Å². The SMILES string of the molecule is Cc1ccc(OC(=O)CCN2C(=O)[C@H]3CCCC[C@@H]3C2=O)c(C)c1. The number of carbonyl (C=O) groups is 3. The first-order valence-electron chi connectivity index (χ1n) is 8.60. The number of ether oxygens (including phenoxy) is 1. The van der Waals surface area contributed by atoms with Crippen molar-refractivity contribution in [3.8, 4) is 5.75 Å². The zero-order chi connectivity index (χ0) is 17.3. The third-order valence-electron chi connectivity index (χ3n) is 5.03. The Bertz CT molecular complexity index is 658.